The number of anilines is 1. The fourth-order valence-corrected chi connectivity index (χ4v) is 6.31. The van der Waals surface area contributed by atoms with E-state index in [4.69, 9.17) is 0 Å². The summed E-state index contributed by atoms with van der Waals surface area (Å²) >= 11 is 1.55. The molecular formula is C34H41N5O5S2. The minimum atomic E-state index is -3.70. The first-order chi connectivity index (χ1) is 21.8. The van der Waals surface area contributed by atoms with Crippen LogP contribution < -0.4 is 14.9 Å². The lowest BCUT2D eigenvalue weighted by Gasteiger charge is -2.28. The second kappa shape index (κ2) is 15.5. The Labute approximate surface area is 275 Å². The van der Waals surface area contributed by atoms with Crippen LogP contribution in [0.25, 0.3) is 0 Å². The molecule has 3 unspecified atom stereocenters. The quantitative estimate of drug-likeness (QED) is 0.185. The lowest BCUT2D eigenvalue weighted by molar-refractivity contribution is 0.0713. The number of nitrogens with one attached hydrogen (secondary N) is 2. The molecule has 4 aromatic rings. The number of hydrogen-bond acceptors (Lipinski definition) is 8. The molecule has 1 aromatic heterocycles. The van der Waals surface area contributed by atoms with Gasteiger partial charge in [-0.15, -0.1) is 11.3 Å². The van der Waals surface area contributed by atoms with Crippen LogP contribution in [0.3, 0.4) is 0 Å². The van der Waals surface area contributed by atoms with Gasteiger partial charge in [-0.3, -0.25) is 18.8 Å². The lowest BCUT2D eigenvalue weighted by Crippen LogP contribution is -2.49. The maximum atomic E-state index is 13.8. The number of nitrogens with zero attached hydrogens (tertiary/aromatic N) is 3. The average Bonchev–Trinajstić information content (AvgIpc) is 3.44. The predicted molar refractivity (Wildman–Crippen MR) is 183 cm³/mol. The van der Waals surface area contributed by atoms with E-state index in [-0.39, 0.29) is 29.4 Å². The number of rotatable bonds is 14. The maximum Gasteiger partial charge on any atom is 0.251 e. The zero-order valence-corrected chi connectivity index (χ0v) is 28.3. The molecule has 0 bridgehead atoms. The lowest BCUT2D eigenvalue weighted by atomic mass is 9.99. The zero-order valence-electron chi connectivity index (χ0n) is 26.7. The third kappa shape index (κ3) is 9.70. The number of aryl methyl sites for hydroxylation is 1. The Balaban J connectivity index is 1.60. The van der Waals surface area contributed by atoms with Crippen molar-refractivity contribution in [1.29, 1.82) is 0 Å². The van der Waals surface area contributed by atoms with Crippen LogP contribution in [-0.4, -0.2) is 74.3 Å². The Kier molecular flexibility index (Phi) is 11.7. The summed E-state index contributed by atoms with van der Waals surface area (Å²) in [7, 11) is -0.456. The van der Waals surface area contributed by atoms with Gasteiger partial charge in [0.05, 0.1) is 36.7 Å². The molecule has 2 amide bonds. The van der Waals surface area contributed by atoms with E-state index >= 15 is 0 Å². The molecule has 0 saturated carbocycles. The zero-order chi connectivity index (χ0) is 33.4. The summed E-state index contributed by atoms with van der Waals surface area (Å²) in [5.41, 5.74) is 3.12. The Morgan fingerprint density at radius 2 is 1.52 bits per heavy atom. The molecule has 244 valence electrons. The van der Waals surface area contributed by atoms with Crippen molar-refractivity contribution in [3.63, 3.8) is 0 Å². The molecule has 0 spiro atoms. The first-order valence-corrected chi connectivity index (χ1v) is 17.6. The van der Waals surface area contributed by atoms with Crippen LogP contribution in [-0.2, 0) is 23.0 Å². The molecule has 4 rings (SSSR count). The van der Waals surface area contributed by atoms with Gasteiger partial charge in [0.2, 0.25) is 10.0 Å². The molecule has 1 heterocycles. The standard InChI is InChI=1S/C34H41N5O5S2/c1-23-22-45-32(35-23)21-38(3)20-31(40)30(16-25-12-8-6-9-13-25)37-34(42)28-17-27(18-29(19-28)39(4)46(5,43)44)33(41)36-24(2)26-14-10-7-11-15-26/h6-15,17-19,22,24,30-31,40H,16,20-21H2,1-5H3,(H,36,41)(H,37,42). The van der Waals surface area contributed by atoms with E-state index in [1.807, 2.05) is 91.8 Å². The van der Waals surface area contributed by atoms with Crippen LogP contribution in [0.5, 0.6) is 0 Å². The Morgan fingerprint density at radius 1 is 0.935 bits per heavy atom. The molecule has 3 aromatic carbocycles. The second-order valence-corrected chi connectivity index (χ2v) is 14.5. The topological polar surface area (TPSA) is 132 Å². The van der Waals surface area contributed by atoms with E-state index in [9.17, 15) is 23.1 Å². The molecule has 3 atom stereocenters. The van der Waals surface area contributed by atoms with Crippen molar-refractivity contribution >= 4 is 38.9 Å². The molecular weight excluding hydrogens is 623 g/mol. The van der Waals surface area contributed by atoms with Gasteiger partial charge in [-0.2, -0.15) is 0 Å². The maximum absolute atomic E-state index is 13.8. The number of sulfonamides is 1. The average molecular weight is 664 g/mol. The van der Waals surface area contributed by atoms with Gasteiger partial charge in [-0.05, 0) is 56.6 Å². The van der Waals surface area contributed by atoms with Gasteiger partial charge in [0.25, 0.3) is 11.8 Å². The summed E-state index contributed by atoms with van der Waals surface area (Å²) in [4.78, 5) is 33.7. The van der Waals surface area contributed by atoms with Crippen LogP contribution in [0.1, 0.15) is 55.5 Å². The highest BCUT2D eigenvalue weighted by molar-refractivity contribution is 7.92. The van der Waals surface area contributed by atoms with Gasteiger partial charge < -0.3 is 15.7 Å². The summed E-state index contributed by atoms with van der Waals surface area (Å²) in [5.74, 6) is -1.01. The molecule has 10 nitrogen and oxygen atoms in total. The summed E-state index contributed by atoms with van der Waals surface area (Å²) in [6.45, 7) is 4.58. The first-order valence-electron chi connectivity index (χ1n) is 14.9. The summed E-state index contributed by atoms with van der Waals surface area (Å²) < 4.78 is 25.9. The van der Waals surface area contributed by atoms with E-state index in [0.29, 0.717) is 13.0 Å². The normalized spacial score (nSPS) is 13.5. The number of carbonyl (C=O) groups excluding carboxylic acids is 2. The van der Waals surface area contributed by atoms with Crippen molar-refractivity contribution < 1.29 is 23.1 Å². The van der Waals surface area contributed by atoms with Crippen molar-refractivity contribution in [2.45, 2.75) is 45.0 Å². The molecule has 12 heteroatoms. The molecule has 0 aliphatic heterocycles. The van der Waals surface area contributed by atoms with E-state index in [0.717, 1.165) is 32.4 Å². The SMILES string of the molecule is Cc1csc(CN(C)CC(O)C(Cc2ccccc2)NC(=O)c2cc(C(=O)NC(C)c3ccccc3)cc(N(C)S(C)(=O)=O)c2)n1. The first kappa shape index (κ1) is 34.8. The largest absolute Gasteiger partial charge is 0.390 e. The van der Waals surface area contributed by atoms with Crippen molar-refractivity contribution in [1.82, 2.24) is 20.5 Å². The Hall–Kier alpha value is -4.10. The highest BCUT2D eigenvalue weighted by Crippen LogP contribution is 2.23. The third-order valence-electron chi connectivity index (χ3n) is 7.60. The fourth-order valence-electron chi connectivity index (χ4n) is 4.97. The molecule has 0 aliphatic carbocycles. The van der Waals surface area contributed by atoms with Crippen LogP contribution >= 0.6 is 11.3 Å². The van der Waals surface area contributed by atoms with E-state index in [1.165, 1.54) is 25.2 Å². The Bertz CT molecular complexity index is 1730. The van der Waals surface area contributed by atoms with Gasteiger partial charge in [0, 0.05) is 35.8 Å². The summed E-state index contributed by atoms with van der Waals surface area (Å²) in [5, 5.41) is 20.2. The minimum absolute atomic E-state index is 0.0855. The number of thiazole rings is 1. The van der Waals surface area contributed by atoms with Crippen LogP contribution in [0.4, 0.5) is 5.69 Å². The second-order valence-electron chi connectivity index (χ2n) is 11.5. The summed E-state index contributed by atoms with van der Waals surface area (Å²) in [6, 6.07) is 22.2. The van der Waals surface area contributed by atoms with Gasteiger partial charge >= 0.3 is 0 Å². The number of aromatic nitrogens is 1. The number of aliphatic hydroxyl groups excluding tert-OH is 1. The number of aliphatic hydroxyl groups is 1. The van der Waals surface area contributed by atoms with Gasteiger partial charge in [-0.25, -0.2) is 13.4 Å². The van der Waals surface area contributed by atoms with Crippen molar-refractivity contribution in [3.8, 4) is 0 Å². The number of benzene rings is 3. The summed E-state index contributed by atoms with van der Waals surface area (Å²) in [6.07, 6.45) is 0.446. The highest BCUT2D eigenvalue weighted by Gasteiger charge is 2.26. The van der Waals surface area contributed by atoms with Crippen molar-refractivity contribution in [2.75, 3.05) is 31.2 Å². The van der Waals surface area contributed by atoms with Gasteiger partial charge in [0.1, 0.15) is 5.01 Å². The molecule has 0 saturated heterocycles. The van der Waals surface area contributed by atoms with E-state index < -0.39 is 34.0 Å². The minimum Gasteiger partial charge on any atom is -0.390 e. The molecule has 0 radical (unpaired) electrons. The number of likely N-dealkylation sites (N-methyl/N-ethyl adjacent to an activating group) is 1. The molecule has 46 heavy (non-hydrogen) atoms. The Morgan fingerprint density at radius 3 is 2.09 bits per heavy atom. The number of carbonyl (C=O) groups is 2. The number of hydrogen-bond donors (Lipinski definition) is 3. The number of amides is 2. The molecule has 3 N–H and O–H groups in total. The van der Waals surface area contributed by atoms with E-state index in [1.54, 1.807) is 11.3 Å². The van der Waals surface area contributed by atoms with E-state index in [2.05, 4.69) is 15.6 Å². The smallest absolute Gasteiger partial charge is 0.251 e. The van der Waals surface area contributed by atoms with Crippen molar-refractivity contribution in [3.05, 3.63) is 117 Å². The predicted octanol–water partition coefficient (Wildman–Crippen LogP) is 4.17. The van der Waals surface area contributed by atoms with Crippen molar-refractivity contribution in [2.24, 2.45) is 0 Å². The monoisotopic (exact) mass is 663 g/mol. The molecule has 0 aliphatic rings. The highest BCUT2D eigenvalue weighted by atomic mass is 32.2. The van der Waals surface area contributed by atoms with Crippen LogP contribution in [0, 0.1) is 6.92 Å². The van der Waals surface area contributed by atoms with Gasteiger partial charge in [0.15, 0.2) is 0 Å². The molecule has 0 fully saturated rings. The fraction of sp³-hybridized carbons (Fsp3) is 0.324. The van der Waals surface area contributed by atoms with Crippen LogP contribution in [0.15, 0.2) is 84.2 Å². The van der Waals surface area contributed by atoms with Gasteiger partial charge in [-0.1, -0.05) is 60.7 Å². The third-order valence-corrected chi connectivity index (χ3v) is 9.76. The van der Waals surface area contributed by atoms with Crippen LogP contribution in [0.2, 0.25) is 0 Å².